The number of carboxylic acids is 1. The SMILES string of the molecule is CC(C)CC(CC(C#N)(c1ccccc1)c1ccccc1)C(=O)O. The van der Waals surface area contributed by atoms with Crippen molar-refractivity contribution >= 4 is 5.97 Å². The van der Waals surface area contributed by atoms with Crippen molar-refractivity contribution in [3.05, 3.63) is 71.8 Å². The number of hydrogen-bond acceptors (Lipinski definition) is 2. The normalized spacial score (nSPS) is 12.6. The summed E-state index contributed by atoms with van der Waals surface area (Å²) in [5.74, 6) is -1.14. The van der Waals surface area contributed by atoms with E-state index in [1.807, 2.05) is 74.5 Å². The molecule has 24 heavy (non-hydrogen) atoms. The number of nitriles is 1. The Morgan fingerprint density at radius 1 is 1.04 bits per heavy atom. The molecule has 0 radical (unpaired) electrons. The zero-order valence-electron chi connectivity index (χ0n) is 14.1. The lowest BCUT2D eigenvalue weighted by Gasteiger charge is -2.31. The van der Waals surface area contributed by atoms with E-state index in [1.165, 1.54) is 0 Å². The number of benzene rings is 2. The molecule has 0 amide bonds. The van der Waals surface area contributed by atoms with Gasteiger partial charge in [0.1, 0.15) is 5.41 Å². The molecule has 0 aromatic heterocycles. The summed E-state index contributed by atoms with van der Waals surface area (Å²) in [4.78, 5) is 11.8. The molecule has 0 aliphatic rings. The maximum Gasteiger partial charge on any atom is 0.306 e. The minimum atomic E-state index is -0.958. The van der Waals surface area contributed by atoms with Crippen LogP contribution in [0.15, 0.2) is 60.7 Å². The van der Waals surface area contributed by atoms with Crippen LogP contribution in [-0.2, 0) is 10.2 Å². The second kappa shape index (κ2) is 7.79. The van der Waals surface area contributed by atoms with E-state index in [1.54, 1.807) is 0 Å². The summed E-state index contributed by atoms with van der Waals surface area (Å²) < 4.78 is 0. The first-order chi connectivity index (χ1) is 11.5. The fourth-order valence-electron chi connectivity index (χ4n) is 3.23. The summed E-state index contributed by atoms with van der Waals surface area (Å²) in [7, 11) is 0. The molecule has 0 saturated carbocycles. The van der Waals surface area contributed by atoms with E-state index in [0.29, 0.717) is 6.42 Å². The van der Waals surface area contributed by atoms with E-state index in [9.17, 15) is 15.2 Å². The first-order valence-corrected chi connectivity index (χ1v) is 8.24. The van der Waals surface area contributed by atoms with Crippen LogP contribution in [0.1, 0.15) is 37.8 Å². The molecule has 0 aliphatic carbocycles. The summed E-state index contributed by atoms with van der Waals surface area (Å²) >= 11 is 0. The van der Waals surface area contributed by atoms with Gasteiger partial charge in [0, 0.05) is 0 Å². The van der Waals surface area contributed by atoms with E-state index in [2.05, 4.69) is 6.07 Å². The third-order valence-corrected chi connectivity index (χ3v) is 4.38. The molecule has 0 fully saturated rings. The summed E-state index contributed by atoms with van der Waals surface area (Å²) in [5, 5.41) is 19.8. The molecule has 0 spiro atoms. The van der Waals surface area contributed by atoms with Crippen molar-refractivity contribution in [2.45, 2.75) is 32.1 Å². The molecule has 0 saturated heterocycles. The van der Waals surface area contributed by atoms with Gasteiger partial charge in [-0.25, -0.2) is 0 Å². The van der Waals surface area contributed by atoms with E-state index in [-0.39, 0.29) is 12.3 Å². The molecule has 3 heteroatoms. The lowest BCUT2D eigenvalue weighted by molar-refractivity contribution is -0.142. The average Bonchev–Trinajstić information content (AvgIpc) is 2.60. The Labute approximate surface area is 143 Å². The topological polar surface area (TPSA) is 61.1 Å². The molecule has 0 heterocycles. The molecular formula is C21H23NO2. The Kier molecular flexibility index (Phi) is 5.76. The highest BCUT2D eigenvalue weighted by Crippen LogP contribution is 2.39. The first-order valence-electron chi connectivity index (χ1n) is 8.24. The second-order valence-corrected chi connectivity index (χ2v) is 6.62. The Hall–Kier alpha value is -2.60. The fourth-order valence-corrected chi connectivity index (χ4v) is 3.23. The van der Waals surface area contributed by atoms with Crippen LogP contribution in [-0.4, -0.2) is 11.1 Å². The lowest BCUT2D eigenvalue weighted by atomic mass is 9.69. The fraction of sp³-hybridized carbons (Fsp3) is 0.333. The van der Waals surface area contributed by atoms with Crippen LogP contribution in [0.4, 0.5) is 0 Å². The van der Waals surface area contributed by atoms with Gasteiger partial charge in [-0.3, -0.25) is 4.79 Å². The van der Waals surface area contributed by atoms with Crippen molar-refractivity contribution in [1.82, 2.24) is 0 Å². The van der Waals surface area contributed by atoms with Crippen molar-refractivity contribution in [3.8, 4) is 6.07 Å². The first kappa shape index (κ1) is 17.7. The van der Waals surface area contributed by atoms with E-state index >= 15 is 0 Å². The summed E-state index contributed by atoms with van der Waals surface area (Å²) in [6, 6.07) is 21.4. The Morgan fingerprint density at radius 2 is 1.50 bits per heavy atom. The number of carboxylic acid groups (broad SMARTS) is 1. The van der Waals surface area contributed by atoms with Crippen molar-refractivity contribution in [2.24, 2.45) is 11.8 Å². The average molecular weight is 321 g/mol. The summed E-state index contributed by atoms with van der Waals surface area (Å²) in [6.07, 6.45) is 0.823. The van der Waals surface area contributed by atoms with Gasteiger partial charge in [0.25, 0.3) is 0 Å². The van der Waals surface area contributed by atoms with Gasteiger partial charge in [0.2, 0.25) is 0 Å². The van der Waals surface area contributed by atoms with Crippen LogP contribution in [0.5, 0.6) is 0 Å². The van der Waals surface area contributed by atoms with Crippen LogP contribution >= 0.6 is 0 Å². The quantitative estimate of drug-likeness (QED) is 0.808. The van der Waals surface area contributed by atoms with Crippen LogP contribution in [0.3, 0.4) is 0 Å². The minimum Gasteiger partial charge on any atom is -0.481 e. The molecular weight excluding hydrogens is 298 g/mol. The maximum absolute atomic E-state index is 11.8. The largest absolute Gasteiger partial charge is 0.481 e. The second-order valence-electron chi connectivity index (χ2n) is 6.62. The third kappa shape index (κ3) is 3.83. The standard InChI is InChI=1S/C21H23NO2/c1-16(2)13-17(20(23)24)14-21(15-22,18-9-5-3-6-10-18)19-11-7-4-8-12-19/h3-12,16-17H,13-14H2,1-2H3,(H,23,24). The molecule has 124 valence electrons. The maximum atomic E-state index is 11.8. The van der Waals surface area contributed by atoms with Crippen LogP contribution in [0.25, 0.3) is 0 Å². The van der Waals surface area contributed by atoms with Gasteiger partial charge in [-0.1, -0.05) is 74.5 Å². The zero-order chi connectivity index (χ0) is 17.6. The van der Waals surface area contributed by atoms with E-state index in [0.717, 1.165) is 11.1 Å². The number of carbonyl (C=O) groups is 1. The highest BCUT2D eigenvalue weighted by Gasteiger charge is 2.39. The molecule has 1 atom stereocenters. The van der Waals surface area contributed by atoms with Crippen LogP contribution < -0.4 is 0 Å². The number of rotatable bonds is 7. The molecule has 0 aliphatic heterocycles. The van der Waals surface area contributed by atoms with Gasteiger partial charge in [-0.2, -0.15) is 5.26 Å². The highest BCUT2D eigenvalue weighted by molar-refractivity contribution is 5.70. The van der Waals surface area contributed by atoms with Gasteiger partial charge < -0.3 is 5.11 Å². The van der Waals surface area contributed by atoms with Crippen molar-refractivity contribution in [3.63, 3.8) is 0 Å². The molecule has 3 nitrogen and oxygen atoms in total. The molecule has 2 rings (SSSR count). The zero-order valence-corrected chi connectivity index (χ0v) is 14.1. The molecule has 1 N–H and O–H groups in total. The van der Waals surface area contributed by atoms with E-state index in [4.69, 9.17) is 0 Å². The van der Waals surface area contributed by atoms with Gasteiger partial charge in [0.05, 0.1) is 12.0 Å². The molecule has 0 bridgehead atoms. The molecule has 1 unspecified atom stereocenters. The Bertz CT molecular complexity index is 662. The third-order valence-electron chi connectivity index (χ3n) is 4.38. The number of aliphatic carboxylic acids is 1. The van der Waals surface area contributed by atoms with Crippen LogP contribution in [0, 0.1) is 23.2 Å². The van der Waals surface area contributed by atoms with Gasteiger partial charge >= 0.3 is 5.97 Å². The van der Waals surface area contributed by atoms with Gasteiger partial charge in [-0.15, -0.1) is 0 Å². The molecule has 2 aromatic rings. The van der Waals surface area contributed by atoms with Crippen LogP contribution in [0.2, 0.25) is 0 Å². The van der Waals surface area contributed by atoms with E-state index < -0.39 is 17.3 Å². The monoisotopic (exact) mass is 321 g/mol. The Balaban J connectivity index is 2.55. The lowest BCUT2D eigenvalue weighted by Crippen LogP contribution is -2.32. The van der Waals surface area contributed by atoms with Gasteiger partial charge in [-0.05, 0) is 29.9 Å². The predicted octanol–water partition coefficient (Wildman–Crippen LogP) is 4.63. The van der Waals surface area contributed by atoms with Gasteiger partial charge in [0.15, 0.2) is 0 Å². The van der Waals surface area contributed by atoms with Crippen molar-refractivity contribution in [2.75, 3.05) is 0 Å². The number of nitrogens with zero attached hydrogens (tertiary/aromatic N) is 1. The minimum absolute atomic E-state index is 0.258. The predicted molar refractivity (Wildman–Crippen MR) is 94.5 cm³/mol. The Morgan fingerprint density at radius 3 is 1.83 bits per heavy atom. The smallest absolute Gasteiger partial charge is 0.306 e. The number of hydrogen-bond donors (Lipinski definition) is 1. The molecule has 2 aromatic carbocycles. The van der Waals surface area contributed by atoms with Crippen molar-refractivity contribution in [1.29, 1.82) is 5.26 Å². The highest BCUT2D eigenvalue weighted by atomic mass is 16.4. The summed E-state index contributed by atoms with van der Waals surface area (Å²) in [6.45, 7) is 4.02. The van der Waals surface area contributed by atoms with Crippen molar-refractivity contribution < 1.29 is 9.90 Å². The summed E-state index contributed by atoms with van der Waals surface area (Å²) in [5.41, 5.74) is 0.725.